The summed E-state index contributed by atoms with van der Waals surface area (Å²) in [5, 5.41) is 11.1. The molecule has 3 rings (SSSR count). The number of aromatic amines is 1. The van der Waals surface area contributed by atoms with E-state index < -0.39 is 0 Å². The molecule has 0 aliphatic rings. The SMILES string of the molecule is COc1ccc(OC)c(Nc2nnc(Cc3ccc(C)cc3)c(=O)[nH]2)c1. The molecule has 2 aromatic carbocycles. The minimum Gasteiger partial charge on any atom is -0.497 e. The summed E-state index contributed by atoms with van der Waals surface area (Å²) in [4.78, 5) is 15.0. The summed E-state index contributed by atoms with van der Waals surface area (Å²) in [6.07, 6.45) is 0.422. The van der Waals surface area contributed by atoms with Gasteiger partial charge in [0, 0.05) is 12.5 Å². The van der Waals surface area contributed by atoms with Gasteiger partial charge in [-0.2, -0.15) is 0 Å². The van der Waals surface area contributed by atoms with Gasteiger partial charge in [0.1, 0.15) is 17.2 Å². The van der Waals surface area contributed by atoms with Gasteiger partial charge in [-0.25, -0.2) is 0 Å². The molecule has 1 aromatic heterocycles. The molecule has 2 N–H and O–H groups in total. The number of rotatable bonds is 6. The Bertz CT molecular complexity index is 952. The molecule has 0 aliphatic carbocycles. The van der Waals surface area contributed by atoms with Gasteiger partial charge >= 0.3 is 0 Å². The van der Waals surface area contributed by atoms with Crippen molar-refractivity contribution in [2.24, 2.45) is 0 Å². The highest BCUT2D eigenvalue weighted by molar-refractivity contribution is 5.64. The molecule has 0 atom stereocenters. The van der Waals surface area contributed by atoms with Crippen molar-refractivity contribution < 1.29 is 9.47 Å². The monoisotopic (exact) mass is 352 g/mol. The van der Waals surface area contributed by atoms with Crippen LogP contribution in [0.25, 0.3) is 0 Å². The molecule has 0 radical (unpaired) electrons. The number of nitrogens with one attached hydrogen (secondary N) is 2. The highest BCUT2D eigenvalue weighted by Gasteiger charge is 2.10. The molecule has 0 bridgehead atoms. The van der Waals surface area contributed by atoms with Gasteiger partial charge < -0.3 is 14.8 Å². The number of anilines is 2. The lowest BCUT2D eigenvalue weighted by atomic mass is 10.1. The summed E-state index contributed by atoms with van der Waals surface area (Å²) in [5.74, 6) is 1.48. The lowest BCUT2D eigenvalue weighted by molar-refractivity contribution is 0.404. The van der Waals surface area contributed by atoms with Crippen molar-refractivity contribution in [3.8, 4) is 11.5 Å². The van der Waals surface area contributed by atoms with Crippen molar-refractivity contribution in [3.63, 3.8) is 0 Å². The Hall–Kier alpha value is -3.35. The quantitative estimate of drug-likeness (QED) is 0.709. The average Bonchev–Trinajstić information content (AvgIpc) is 2.65. The van der Waals surface area contributed by atoms with E-state index in [-0.39, 0.29) is 11.5 Å². The number of H-pyrrole nitrogens is 1. The van der Waals surface area contributed by atoms with Gasteiger partial charge in [0.2, 0.25) is 5.95 Å². The number of aryl methyl sites for hydroxylation is 1. The number of ether oxygens (including phenoxy) is 2. The van der Waals surface area contributed by atoms with Gasteiger partial charge in [0.25, 0.3) is 5.56 Å². The summed E-state index contributed by atoms with van der Waals surface area (Å²) in [6, 6.07) is 13.2. The molecule has 0 amide bonds. The third kappa shape index (κ3) is 4.00. The molecule has 26 heavy (non-hydrogen) atoms. The van der Waals surface area contributed by atoms with Crippen LogP contribution < -0.4 is 20.3 Å². The van der Waals surface area contributed by atoms with E-state index in [9.17, 15) is 4.79 Å². The smallest absolute Gasteiger partial charge is 0.274 e. The van der Waals surface area contributed by atoms with E-state index in [0.29, 0.717) is 29.3 Å². The molecule has 7 nitrogen and oxygen atoms in total. The van der Waals surface area contributed by atoms with Crippen LogP contribution in [0.5, 0.6) is 11.5 Å². The average molecular weight is 352 g/mol. The number of aromatic nitrogens is 3. The van der Waals surface area contributed by atoms with E-state index in [1.165, 1.54) is 5.56 Å². The Labute approximate surface area is 151 Å². The maximum Gasteiger partial charge on any atom is 0.274 e. The van der Waals surface area contributed by atoms with Crippen LogP contribution in [0, 0.1) is 6.92 Å². The van der Waals surface area contributed by atoms with Crippen LogP contribution in [-0.2, 0) is 6.42 Å². The molecule has 1 heterocycles. The van der Waals surface area contributed by atoms with Crippen molar-refractivity contribution in [1.82, 2.24) is 15.2 Å². The van der Waals surface area contributed by atoms with Gasteiger partial charge in [-0.1, -0.05) is 29.8 Å². The van der Waals surface area contributed by atoms with E-state index in [4.69, 9.17) is 9.47 Å². The van der Waals surface area contributed by atoms with E-state index in [0.717, 1.165) is 5.56 Å². The van der Waals surface area contributed by atoms with E-state index in [1.807, 2.05) is 31.2 Å². The number of benzene rings is 2. The Balaban J connectivity index is 1.81. The number of methoxy groups -OCH3 is 2. The third-order valence-electron chi connectivity index (χ3n) is 3.92. The van der Waals surface area contributed by atoms with Crippen LogP contribution in [0.4, 0.5) is 11.6 Å². The van der Waals surface area contributed by atoms with Crippen molar-refractivity contribution in [1.29, 1.82) is 0 Å². The molecule has 7 heteroatoms. The zero-order valence-corrected chi connectivity index (χ0v) is 14.9. The Kier molecular flexibility index (Phi) is 5.17. The fraction of sp³-hybridized carbons (Fsp3) is 0.211. The fourth-order valence-electron chi connectivity index (χ4n) is 2.47. The van der Waals surface area contributed by atoms with Crippen LogP contribution >= 0.6 is 0 Å². The van der Waals surface area contributed by atoms with Crippen LogP contribution in [0.1, 0.15) is 16.8 Å². The Morgan fingerprint density at radius 1 is 1.04 bits per heavy atom. The van der Waals surface area contributed by atoms with Crippen molar-refractivity contribution in [2.45, 2.75) is 13.3 Å². The summed E-state index contributed by atoms with van der Waals surface area (Å²) < 4.78 is 10.5. The van der Waals surface area contributed by atoms with E-state index >= 15 is 0 Å². The minimum atomic E-state index is -0.287. The minimum absolute atomic E-state index is 0.231. The van der Waals surface area contributed by atoms with Gasteiger partial charge in [0.05, 0.1) is 19.9 Å². The molecule has 0 unspecified atom stereocenters. The Morgan fingerprint density at radius 3 is 2.46 bits per heavy atom. The first-order valence-corrected chi connectivity index (χ1v) is 8.09. The summed E-state index contributed by atoms with van der Waals surface area (Å²) in [5.41, 5.74) is 2.86. The predicted octanol–water partition coefficient (Wildman–Crippen LogP) is 2.82. The summed E-state index contributed by atoms with van der Waals surface area (Å²) in [7, 11) is 3.14. The highest BCUT2D eigenvalue weighted by atomic mass is 16.5. The lowest BCUT2D eigenvalue weighted by Crippen LogP contribution is -2.19. The molecular weight excluding hydrogens is 332 g/mol. The molecule has 134 valence electrons. The van der Waals surface area contributed by atoms with E-state index in [2.05, 4.69) is 20.5 Å². The lowest BCUT2D eigenvalue weighted by Gasteiger charge is -2.11. The molecule has 0 saturated carbocycles. The largest absolute Gasteiger partial charge is 0.497 e. The maximum absolute atomic E-state index is 12.3. The first-order chi connectivity index (χ1) is 12.6. The molecular formula is C19H20N4O3. The van der Waals surface area contributed by atoms with E-state index in [1.54, 1.807) is 32.4 Å². The third-order valence-corrected chi connectivity index (χ3v) is 3.92. The van der Waals surface area contributed by atoms with Crippen LogP contribution in [-0.4, -0.2) is 29.4 Å². The van der Waals surface area contributed by atoms with Crippen molar-refractivity contribution >= 4 is 11.6 Å². The first-order valence-electron chi connectivity index (χ1n) is 8.09. The second-order valence-corrected chi connectivity index (χ2v) is 5.80. The number of hydrogen-bond donors (Lipinski definition) is 2. The van der Waals surface area contributed by atoms with Crippen molar-refractivity contribution in [2.75, 3.05) is 19.5 Å². The number of nitrogens with zero attached hydrogens (tertiary/aromatic N) is 2. The molecule has 3 aromatic rings. The predicted molar refractivity (Wildman–Crippen MR) is 99.5 cm³/mol. The molecule has 0 aliphatic heterocycles. The topological polar surface area (TPSA) is 89.1 Å². The first kappa shape index (κ1) is 17.5. The number of hydrogen-bond acceptors (Lipinski definition) is 6. The van der Waals surface area contributed by atoms with Crippen molar-refractivity contribution in [3.05, 3.63) is 69.6 Å². The molecule has 0 spiro atoms. The van der Waals surface area contributed by atoms with Gasteiger partial charge in [-0.15, -0.1) is 10.2 Å². The zero-order valence-electron chi connectivity index (χ0n) is 14.9. The Morgan fingerprint density at radius 2 is 1.81 bits per heavy atom. The van der Waals surface area contributed by atoms with Crippen LogP contribution in [0.2, 0.25) is 0 Å². The van der Waals surface area contributed by atoms with Gasteiger partial charge in [-0.05, 0) is 24.6 Å². The normalized spacial score (nSPS) is 10.4. The van der Waals surface area contributed by atoms with Gasteiger partial charge in [0.15, 0.2) is 0 Å². The standard InChI is InChI=1S/C19H20N4O3/c1-12-4-6-13(7-5-12)10-16-18(24)21-19(23-22-16)20-15-11-14(25-2)8-9-17(15)26-3/h4-9,11H,10H2,1-3H3,(H2,20,21,23,24). The van der Waals surface area contributed by atoms with Crippen LogP contribution in [0.15, 0.2) is 47.3 Å². The second kappa shape index (κ2) is 7.69. The second-order valence-electron chi connectivity index (χ2n) is 5.80. The zero-order chi connectivity index (χ0) is 18.5. The summed E-state index contributed by atoms with van der Waals surface area (Å²) in [6.45, 7) is 2.02. The highest BCUT2D eigenvalue weighted by Crippen LogP contribution is 2.30. The van der Waals surface area contributed by atoms with Crippen LogP contribution in [0.3, 0.4) is 0 Å². The molecule has 0 saturated heterocycles. The molecule has 0 fully saturated rings. The summed E-state index contributed by atoms with van der Waals surface area (Å²) >= 11 is 0. The maximum atomic E-state index is 12.3. The van der Waals surface area contributed by atoms with Gasteiger partial charge in [-0.3, -0.25) is 9.78 Å². The fourth-order valence-corrected chi connectivity index (χ4v) is 2.47.